The van der Waals surface area contributed by atoms with Crippen molar-refractivity contribution in [3.8, 4) is 0 Å². The van der Waals surface area contributed by atoms with Gasteiger partial charge in [0.15, 0.2) is 0 Å². The molecule has 0 unspecified atom stereocenters. The molecule has 2 heterocycles. The van der Waals surface area contributed by atoms with Gasteiger partial charge in [-0.2, -0.15) is 0 Å². The van der Waals surface area contributed by atoms with Crippen LogP contribution in [0.2, 0.25) is 0 Å². The van der Waals surface area contributed by atoms with E-state index in [0.29, 0.717) is 6.54 Å². The number of rotatable bonds is 5. The molecule has 0 aliphatic heterocycles. The molecule has 0 fully saturated rings. The van der Waals surface area contributed by atoms with Crippen LogP contribution in [-0.2, 0) is 13.0 Å². The Bertz CT molecular complexity index is 562. The second-order valence-electron chi connectivity index (χ2n) is 4.36. The fourth-order valence-corrected chi connectivity index (χ4v) is 2.54. The standard InChI is InChI=1S/C12H17N5OS/c1-4-5-10-14-11(16-15-10)12(18)17(3)7-9-6-13-8(2)19-9/h6H,4-5,7H2,1-3H3,(H,14,15,16). The maximum Gasteiger partial charge on any atom is 0.293 e. The van der Waals surface area contributed by atoms with E-state index in [1.807, 2.05) is 6.92 Å². The van der Waals surface area contributed by atoms with Gasteiger partial charge in [0.2, 0.25) is 5.82 Å². The number of nitrogens with zero attached hydrogens (tertiary/aromatic N) is 4. The van der Waals surface area contributed by atoms with Crippen molar-refractivity contribution >= 4 is 17.2 Å². The molecule has 0 aliphatic carbocycles. The number of hydrogen-bond acceptors (Lipinski definition) is 5. The predicted molar refractivity (Wildman–Crippen MR) is 73.0 cm³/mol. The van der Waals surface area contributed by atoms with Gasteiger partial charge in [0.25, 0.3) is 5.91 Å². The van der Waals surface area contributed by atoms with Crippen molar-refractivity contribution < 1.29 is 4.79 Å². The largest absolute Gasteiger partial charge is 0.334 e. The zero-order valence-electron chi connectivity index (χ0n) is 11.3. The Morgan fingerprint density at radius 3 is 2.95 bits per heavy atom. The van der Waals surface area contributed by atoms with E-state index in [0.717, 1.165) is 28.6 Å². The van der Waals surface area contributed by atoms with E-state index in [4.69, 9.17) is 0 Å². The molecule has 19 heavy (non-hydrogen) atoms. The van der Waals surface area contributed by atoms with Gasteiger partial charge in [-0.25, -0.2) is 9.97 Å². The number of aromatic nitrogens is 4. The van der Waals surface area contributed by atoms with E-state index < -0.39 is 0 Å². The Balaban J connectivity index is 2.01. The predicted octanol–water partition coefficient (Wildman–Crippen LogP) is 1.79. The Kier molecular flexibility index (Phi) is 4.26. The van der Waals surface area contributed by atoms with Gasteiger partial charge in [0.1, 0.15) is 5.82 Å². The molecule has 0 aliphatic rings. The van der Waals surface area contributed by atoms with Crippen molar-refractivity contribution in [2.75, 3.05) is 7.05 Å². The minimum absolute atomic E-state index is 0.176. The number of H-pyrrole nitrogens is 1. The lowest BCUT2D eigenvalue weighted by Gasteiger charge is -2.13. The van der Waals surface area contributed by atoms with E-state index in [9.17, 15) is 4.79 Å². The smallest absolute Gasteiger partial charge is 0.293 e. The van der Waals surface area contributed by atoms with Crippen molar-refractivity contribution in [1.29, 1.82) is 0 Å². The third kappa shape index (κ3) is 3.37. The lowest BCUT2D eigenvalue weighted by atomic mass is 10.3. The SMILES string of the molecule is CCCc1nc(C(=O)N(C)Cc2cnc(C)s2)n[nH]1. The van der Waals surface area contributed by atoms with Crippen LogP contribution in [0.1, 0.15) is 39.7 Å². The molecule has 0 radical (unpaired) electrons. The Labute approximate surface area is 115 Å². The van der Waals surface area contributed by atoms with Gasteiger partial charge in [-0.15, -0.1) is 16.4 Å². The number of aryl methyl sites for hydroxylation is 2. The molecule has 6 nitrogen and oxygen atoms in total. The molecule has 2 aromatic heterocycles. The topological polar surface area (TPSA) is 74.8 Å². The molecule has 2 aromatic rings. The maximum absolute atomic E-state index is 12.1. The second-order valence-corrected chi connectivity index (χ2v) is 5.68. The summed E-state index contributed by atoms with van der Waals surface area (Å²) < 4.78 is 0. The van der Waals surface area contributed by atoms with Crippen LogP contribution < -0.4 is 0 Å². The Morgan fingerprint density at radius 2 is 2.32 bits per heavy atom. The summed E-state index contributed by atoms with van der Waals surface area (Å²) in [4.78, 5) is 23.2. The normalized spacial score (nSPS) is 10.7. The molecule has 1 amide bonds. The van der Waals surface area contributed by atoms with Crippen LogP contribution in [0.3, 0.4) is 0 Å². The molecule has 102 valence electrons. The third-order valence-corrected chi connectivity index (χ3v) is 3.52. The summed E-state index contributed by atoms with van der Waals surface area (Å²) in [5.41, 5.74) is 0. The van der Waals surface area contributed by atoms with Crippen molar-refractivity contribution in [3.05, 3.63) is 27.7 Å². The lowest BCUT2D eigenvalue weighted by Crippen LogP contribution is -2.26. The number of carbonyl (C=O) groups is 1. The molecular weight excluding hydrogens is 262 g/mol. The quantitative estimate of drug-likeness (QED) is 0.905. The molecule has 0 aromatic carbocycles. The van der Waals surface area contributed by atoms with Crippen LogP contribution in [0.15, 0.2) is 6.20 Å². The van der Waals surface area contributed by atoms with E-state index in [1.165, 1.54) is 0 Å². The molecular formula is C12H17N5OS. The summed E-state index contributed by atoms with van der Waals surface area (Å²) in [5, 5.41) is 7.75. The summed E-state index contributed by atoms with van der Waals surface area (Å²) in [6, 6.07) is 0. The number of amides is 1. The van der Waals surface area contributed by atoms with Gasteiger partial charge in [0, 0.05) is 24.5 Å². The van der Waals surface area contributed by atoms with E-state index in [1.54, 1.807) is 29.5 Å². The number of carbonyl (C=O) groups excluding carboxylic acids is 1. The van der Waals surface area contributed by atoms with Gasteiger partial charge in [0.05, 0.1) is 11.6 Å². The van der Waals surface area contributed by atoms with Crippen LogP contribution in [0.25, 0.3) is 0 Å². The van der Waals surface area contributed by atoms with Crippen LogP contribution in [0, 0.1) is 6.92 Å². The lowest BCUT2D eigenvalue weighted by molar-refractivity contribution is 0.0774. The Morgan fingerprint density at radius 1 is 1.53 bits per heavy atom. The van der Waals surface area contributed by atoms with Crippen molar-refractivity contribution in [1.82, 2.24) is 25.1 Å². The zero-order valence-corrected chi connectivity index (χ0v) is 12.1. The molecule has 1 N–H and O–H groups in total. The highest BCUT2D eigenvalue weighted by Crippen LogP contribution is 2.14. The van der Waals surface area contributed by atoms with Crippen molar-refractivity contribution in [2.45, 2.75) is 33.2 Å². The minimum atomic E-state index is -0.176. The van der Waals surface area contributed by atoms with Crippen LogP contribution in [-0.4, -0.2) is 38.0 Å². The highest BCUT2D eigenvalue weighted by atomic mass is 32.1. The van der Waals surface area contributed by atoms with Gasteiger partial charge < -0.3 is 4.90 Å². The molecule has 0 spiro atoms. The third-order valence-electron chi connectivity index (χ3n) is 2.62. The van der Waals surface area contributed by atoms with Gasteiger partial charge in [-0.1, -0.05) is 6.92 Å². The number of hydrogen-bond donors (Lipinski definition) is 1. The summed E-state index contributed by atoms with van der Waals surface area (Å²) in [5.74, 6) is 0.810. The number of thiazole rings is 1. The van der Waals surface area contributed by atoms with E-state index in [2.05, 4.69) is 27.1 Å². The molecule has 0 atom stereocenters. The van der Waals surface area contributed by atoms with Crippen molar-refractivity contribution in [2.24, 2.45) is 0 Å². The maximum atomic E-state index is 12.1. The summed E-state index contributed by atoms with van der Waals surface area (Å²) in [6.45, 7) is 4.53. The molecule has 0 bridgehead atoms. The van der Waals surface area contributed by atoms with Crippen LogP contribution in [0.4, 0.5) is 0 Å². The fraction of sp³-hybridized carbons (Fsp3) is 0.500. The molecule has 0 saturated heterocycles. The number of nitrogens with one attached hydrogen (secondary N) is 1. The van der Waals surface area contributed by atoms with E-state index >= 15 is 0 Å². The summed E-state index contributed by atoms with van der Waals surface area (Å²) >= 11 is 1.59. The van der Waals surface area contributed by atoms with Gasteiger partial charge in [-0.05, 0) is 13.3 Å². The monoisotopic (exact) mass is 279 g/mol. The first kappa shape index (κ1) is 13.7. The molecule has 0 saturated carbocycles. The number of aromatic amines is 1. The van der Waals surface area contributed by atoms with Gasteiger partial charge in [-0.3, -0.25) is 9.89 Å². The molecule has 7 heteroatoms. The first-order valence-electron chi connectivity index (χ1n) is 6.18. The first-order chi connectivity index (χ1) is 9.10. The highest BCUT2D eigenvalue weighted by molar-refractivity contribution is 7.11. The Hall–Kier alpha value is -1.76. The minimum Gasteiger partial charge on any atom is -0.334 e. The van der Waals surface area contributed by atoms with E-state index in [-0.39, 0.29) is 11.7 Å². The summed E-state index contributed by atoms with van der Waals surface area (Å²) in [7, 11) is 1.74. The second kappa shape index (κ2) is 5.92. The zero-order chi connectivity index (χ0) is 13.8. The van der Waals surface area contributed by atoms with Gasteiger partial charge >= 0.3 is 0 Å². The molecule has 2 rings (SSSR count). The van der Waals surface area contributed by atoms with Crippen LogP contribution >= 0.6 is 11.3 Å². The summed E-state index contributed by atoms with van der Waals surface area (Å²) in [6.07, 6.45) is 3.57. The average molecular weight is 279 g/mol. The highest BCUT2D eigenvalue weighted by Gasteiger charge is 2.17. The first-order valence-corrected chi connectivity index (χ1v) is 7.00. The average Bonchev–Trinajstić information content (AvgIpc) is 2.98. The van der Waals surface area contributed by atoms with Crippen molar-refractivity contribution in [3.63, 3.8) is 0 Å². The fourth-order valence-electron chi connectivity index (χ4n) is 1.69. The van der Waals surface area contributed by atoms with Crippen LogP contribution in [0.5, 0.6) is 0 Å².